The Hall–Kier alpha value is -3.12. The molecule has 2 aromatic carbocycles. The van der Waals surface area contributed by atoms with Crippen LogP contribution in [0.15, 0.2) is 42.5 Å². The summed E-state index contributed by atoms with van der Waals surface area (Å²) >= 11 is 0. The van der Waals surface area contributed by atoms with Crippen LogP contribution in [0.3, 0.4) is 0 Å². The van der Waals surface area contributed by atoms with Gasteiger partial charge < -0.3 is 10.2 Å². The van der Waals surface area contributed by atoms with Crippen LogP contribution >= 0.6 is 0 Å². The van der Waals surface area contributed by atoms with Crippen molar-refractivity contribution in [3.05, 3.63) is 69.3 Å². The Kier molecular flexibility index (Phi) is 6.02. The van der Waals surface area contributed by atoms with Gasteiger partial charge in [0.15, 0.2) is 0 Å². The minimum atomic E-state index is -4.44. The van der Waals surface area contributed by atoms with Gasteiger partial charge in [-0.1, -0.05) is 12.1 Å². The molecule has 27 heavy (non-hydrogen) atoms. The lowest BCUT2D eigenvalue weighted by Gasteiger charge is -2.26. The van der Waals surface area contributed by atoms with Crippen LogP contribution in [0.2, 0.25) is 0 Å². The first-order chi connectivity index (χ1) is 12.6. The fraction of sp³-hybridized carbons (Fsp3) is 0.278. The van der Waals surface area contributed by atoms with Gasteiger partial charge in [-0.15, -0.1) is 0 Å². The van der Waals surface area contributed by atoms with Gasteiger partial charge in [-0.2, -0.15) is 18.4 Å². The maximum absolute atomic E-state index is 13.0. The summed E-state index contributed by atoms with van der Waals surface area (Å²) < 4.78 is 38.9. The first-order valence-corrected chi connectivity index (χ1v) is 7.89. The molecule has 0 aliphatic rings. The number of nitrogens with one attached hydrogen (secondary N) is 1. The zero-order valence-electron chi connectivity index (χ0n) is 14.6. The first-order valence-electron chi connectivity index (χ1n) is 7.89. The quantitative estimate of drug-likeness (QED) is 0.602. The van der Waals surface area contributed by atoms with E-state index in [-0.39, 0.29) is 17.8 Å². The van der Waals surface area contributed by atoms with Gasteiger partial charge in [0.25, 0.3) is 5.69 Å². The number of nitro groups is 1. The zero-order chi connectivity index (χ0) is 20.2. The number of likely N-dealkylation sites (N-methyl/N-ethyl adjacent to an activating group) is 1. The van der Waals surface area contributed by atoms with E-state index in [1.54, 1.807) is 25.1 Å². The average molecular weight is 378 g/mol. The van der Waals surface area contributed by atoms with E-state index in [9.17, 15) is 28.5 Å². The first kappa shape index (κ1) is 20.2. The summed E-state index contributed by atoms with van der Waals surface area (Å²) in [5.41, 5.74) is -0.0190. The van der Waals surface area contributed by atoms with E-state index in [0.29, 0.717) is 11.3 Å². The smallest absolute Gasteiger partial charge is 0.382 e. The summed E-state index contributed by atoms with van der Waals surface area (Å²) in [5, 5.41) is 23.0. The number of halogens is 3. The van der Waals surface area contributed by atoms with Crippen LogP contribution in [-0.4, -0.2) is 30.5 Å². The third kappa shape index (κ3) is 4.95. The van der Waals surface area contributed by atoms with Gasteiger partial charge in [0.1, 0.15) is 6.07 Å². The standard InChI is InChI=1S/C18H17F3N4O2/c1-24(2)17(12-4-3-5-14(8-12)18(19,20)21)11-23-16-7-6-15(25(26)27)9-13(16)10-22/h3-9,17,23H,11H2,1-2H3. The number of benzene rings is 2. The van der Waals surface area contributed by atoms with Crippen LogP contribution in [-0.2, 0) is 6.18 Å². The third-order valence-electron chi connectivity index (χ3n) is 4.04. The molecule has 0 fully saturated rings. The van der Waals surface area contributed by atoms with Crippen LogP contribution in [0, 0.1) is 21.4 Å². The lowest BCUT2D eigenvalue weighted by molar-refractivity contribution is -0.384. The van der Waals surface area contributed by atoms with E-state index in [1.807, 2.05) is 6.07 Å². The molecule has 2 rings (SSSR count). The molecule has 1 atom stereocenters. The summed E-state index contributed by atoms with van der Waals surface area (Å²) in [6.07, 6.45) is -4.44. The topological polar surface area (TPSA) is 82.2 Å². The van der Waals surface area contributed by atoms with Crippen molar-refractivity contribution in [2.24, 2.45) is 0 Å². The summed E-state index contributed by atoms with van der Waals surface area (Å²) in [6, 6.07) is 10.3. The highest BCUT2D eigenvalue weighted by Gasteiger charge is 2.31. The largest absolute Gasteiger partial charge is 0.416 e. The van der Waals surface area contributed by atoms with Crippen molar-refractivity contribution < 1.29 is 18.1 Å². The molecule has 0 radical (unpaired) electrons. The molecule has 6 nitrogen and oxygen atoms in total. The van der Waals surface area contributed by atoms with Crippen LogP contribution in [0.4, 0.5) is 24.5 Å². The van der Waals surface area contributed by atoms with Gasteiger partial charge in [0.05, 0.1) is 27.8 Å². The van der Waals surface area contributed by atoms with Gasteiger partial charge in [-0.05, 0) is 37.9 Å². The van der Waals surface area contributed by atoms with E-state index in [4.69, 9.17) is 0 Å². The van der Waals surface area contributed by atoms with Crippen LogP contribution in [0.5, 0.6) is 0 Å². The Morgan fingerprint density at radius 2 is 1.96 bits per heavy atom. The van der Waals surface area contributed by atoms with Gasteiger partial charge in [-0.3, -0.25) is 10.1 Å². The fourth-order valence-electron chi connectivity index (χ4n) is 2.62. The zero-order valence-corrected chi connectivity index (χ0v) is 14.6. The Balaban J connectivity index is 2.26. The van der Waals surface area contributed by atoms with E-state index in [0.717, 1.165) is 18.2 Å². The lowest BCUT2D eigenvalue weighted by Crippen LogP contribution is -2.27. The molecule has 0 saturated carbocycles. The number of anilines is 1. The number of nitrogens with zero attached hydrogens (tertiary/aromatic N) is 3. The predicted octanol–water partition coefficient (Wildman–Crippen LogP) is 4.20. The Labute approximate surface area is 154 Å². The van der Waals surface area contributed by atoms with Gasteiger partial charge >= 0.3 is 6.18 Å². The highest BCUT2D eigenvalue weighted by Crippen LogP contribution is 2.32. The minimum absolute atomic E-state index is 0.0887. The monoisotopic (exact) mass is 378 g/mol. The minimum Gasteiger partial charge on any atom is -0.382 e. The second-order valence-electron chi connectivity index (χ2n) is 6.08. The molecule has 142 valence electrons. The molecule has 9 heteroatoms. The van der Waals surface area contributed by atoms with Gasteiger partial charge in [-0.25, -0.2) is 0 Å². The van der Waals surface area contributed by atoms with Crippen LogP contribution < -0.4 is 5.32 Å². The van der Waals surface area contributed by atoms with E-state index in [1.165, 1.54) is 18.2 Å². The van der Waals surface area contributed by atoms with Crippen molar-refractivity contribution in [3.8, 4) is 6.07 Å². The summed E-state index contributed by atoms with van der Waals surface area (Å²) in [5.74, 6) is 0. The average Bonchev–Trinajstić information content (AvgIpc) is 2.61. The van der Waals surface area contributed by atoms with Crippen molar-refractivity contribution >= 4 is 11.4 Å². The number of non-ortho nitro benzene ring substituents is 1. The summed E-state index contributed by atoms with van der Waals surface area (Å²) in [7, 11) is 3.46. The lowest BCUT2D eigenvalue weighted by atomic mass is 10.0. The van der Waals surface area contributed by atoms with E-state index in [2.05, 4.69) is 5.32 Å². The Bertz CT molecular complexity index is 876. The normalized spacial score (nSPS) is 12.5. The number of alkyl halides is 3. The SMILES string of the molecule is CN(C)C(CNc1ccc([N+](=O)[O-])cc1C#N)c1cccc(C(F)(F)F)c1. The van der Waals surface area contributed by atoms with E-state index < -0.39 is 22.7 Å². The van der Waals surface area contributed by atoms with E-state index >= 15 is 0 Å². The molecule has 0 saturated heterocycles. The van der Waals surface area contributed by atoms with Gasteiger partial charge in [0, 0.05) is 18.7 Å². The number of hydrogen-bond acceptors (Lipinski definition) is 5. The maximum atomic E-state index is 13.0. The number of rotatable bonds is 6. The molecule has 0 aromatic heterocycles. The van der Waals surface area contributed by atoms with Crippen molar-refractivity contribution in [2.75, 3.05) is 26.0 Å². The Morgan fingerprint density at radius 1 is 1.26 bits per heavy atom. The van der Waals surface area contributed by atoms with Crippen molar-refractivity contribution in [1.29, 1.82) is 5.26 Å². The predicted molar refractivity (Wildman–Crippen MR) is 94.2 cm³/mol. The number of nitriles is 1. The molecule has 1 N–H and O–H groups in total. The molecular weight excluding hydrogens is 361 g/mol. The van der Waals surface area contributed by atoms with Crippen molar-refractivity contribution in [2.45, 2.75) is 12.2 Å². The van der Waals surface area contributed by atoms with Crippen LogP contribution in [0.1, 0.15) is 22.7 Å². The maximum Gasteiger partial charge on any atom is 0.416 e. The molecular formula is C18H17F3N4O2. The molecule has 0 heterocycles. The second kappa shape index (κ2) is 8.05. The highest BCUT2D eigenvalue weighted by atomic mass is 19.4. The number of hydrogen-bond donors (Lipinski definition) is 1. The third-order valence-corrected chi connectivity index (χ3v) is 4.04. The molecule has 0 bridgehead atoms. The summed E-state index contributed by atoms with van der Waals surface area (Å²) in [4.78, 5) is 12.0. The molecule has 2 aromatic rings. The van der Waals surface area contributed by atoms with Crippen molar-refractivity contribution in [1.82, 2.24) is 4.90 Å². The van der Waals surface area contributed by atoms with Crippen LogP contribution in [0.25, 0.3) is 0 Å². The highest BCUT2D eigenvalue weighted by molar-refractivity contribution is 5.61. The molecule has 0 aliphatic carbocycles. The summed E-state index contributed by atoms with van der Waals surface area (Å²) in [6.45, 7) is 0.209. The molecule has 0 spiro atoms. The Morgan fingerprint density at radius 3 is 2.52 bits per heavy atom. The van der Waals surface area contributed by atoms with Gasteiger partial charge in [0.2, 0.25) is 0 Å². The molecule has 0 amide bonds. The van der Waals surface area contributed by atoms with Crippen molar-refractivity contribution in [3.63, 3.8) is 0 Å². The second-order valence-corrected chi connectivity index (χ2v) is 6.08. The number of nitro benzene ring substituents is 1. The molecule has 0 aliphatic heterocycles. The fourth-order valence-corrected chi connectivity index (χ4v) is 2.62. The molecule has 1 unspecified atom stereocenters.